The molecule has 2 rings (SSSR count). The summed E-state index contributed by atoms with van der Waals surface area (Å²) < 4.78 is 21.8. The molecule has 172 valence electrons. The zero-order valence-electron chi connectivity index (χ0n) is 18.6. The molecule has 0 aliphatic rings. The summed E-state index contributed by atoms with van der Waals surface area (Å²) in [7, 11) is 2.76. The molecule has 0 radical (unpaired) electrons. The summed E-state index contributed by atoms with van der Waals surface area (Å²) in [5.74, 6) is 0.732. The first kappa shape index (κ1) is 25.2. The van der Waals surface area contributed by atoms with Gasteiger partial charge in [-0.3, -0.25) is 4.79 Å². The summed E-state index contributed by atoms with van der Waals surface area (Å²) in [5.41, 5.74) is 0.488. The van der Waals surface area contributed by atoms with E-state index in [0.717, 1.165) is 11.8 Å². The highest BCUT2D eigenvalue weighted by Crippen LogP contribution is 2.36. The van der Waals surface area contributed by atoms with Gasteiger partial charge in [-0.25, -0.2) is 9.59 Å². The lowest BCUT2D eigenvalue weighted by Gasteiger charge is -2.22. The third-order valence-corrected chi connectivity index (χ3v) is 4.78. The second-order valence-electron chi connectivity index (χ2n) is 7.82. The lowest BCUT2D eigenvalue weighted by atomic mass is 10.1. The Morgan fingerprint density at radius 3 is 2.31 bits per heavy atom. The molecule has 0 heterocycles. The van der Waals surface area contributed by atoms with Gasteiger partial charge in [0.15, 0.2) is 11.5 Å². The first-order valence-electron chi connectivity index (χ1n) is 9.73. The Balaban J connectivity index is 2.20. The maximum atomic E-state index is 12.2. The van der Waals surface area contributed by atoms with Crippen LogP contribution < -0.4 is 14.8 Å². The van der Waals surface area contributed by atoms with E-state index < -0.39 is 23.7 Å². The fourth-order valence-corrected chi connectivity index (χ4v) is 3.25. The highest BCUT2D eigenvalue weighted by atomic mass is 79.9. The minimum absolute atomic E-state index is 0.175. The Labute approximate surface area is 195 Å². The van der Waals surface area contributed by atoms with Gasteiger partial charge in [0.1, 0.15) is 23.7 Å². The number of hydrogen-bond donors (Lipinski definition) is 1. The van der Waals surface area contributed by atoms with Crippen LogP contribution in [0.3, 0.4) is 0 Å². The third kappa shape index (κ3) is 7.26. The summed E-state index contributed by atoms with van der Waals surface area (Å²) in [6.07, 6.45) is 0.179. The number of aldehydes is 1. The molecule has 1 atom stereocenters. The summed E-state index contributed by atoms with van der Waals surface area (Å²) in [4.78, 5) is 35.4. The topological polar surface area (TPSA) is 100 Å². The molecular weight excluding hydrogens is 482 g/mol. The highest BCUT2D eigenvalue weighted by Gasteiger charge is 2.25. The van der Waals surface area contributed by atoms with E-state index in [1.165, 1.54) is 14.2 Å². The summed E-state index contributed by atoms with van der Waals surface area (Å²) in [6.45, 7) is 5.19. The molecule has 1 N–H and O–H groups in total. The van der Waals surface area contributed by atoms with Crippen molar-refractivity contribution in [3.63, 3.8) is 0 Å². The van der Waals surface area contributed by atoms with Crippen LogP contribution in [0.4, 0.5) is 4.79 Å². The molecule has 0 unspecified atom stereocenters. The van der Waals surface area contributed by atoms with Crippen LogP contribution in [0.1, 0.15) is 36.7 Å². The highest BCUT2D eigenvalue weighted by molar-refractivity contribution is 9.10. The van der Waals surface area contributed by atoms with Crippen LogP contribution in [-0.2, 0) is 20.7 Å². The maximum Gasteiger partial charge on any atom is 0.408 e. The maximum absolute atomic E-state index is 12.2. The van der Waals surface area contributed by atoms with Gasteiger partial charge in [0.05, 0.1) is 18.7 Å². The molecule has 9 heteroatoms. The van der Waals surface area contributed by atoms with Crippen molar-refractivity contribution in [1.29, 1.82) is 0 Å². The number of esters is 1. The summed E-state index contributed by atoms with van der Waals surface area (Å²) >= 11 is 3.46. The van der Waals surface area contributed by atoms with Crippen molar-refractivity contribution in [3.05, 3.63) is 52.0 Å². The molecule has 0 aliphatic heterocycles. The molecule has 32 heavy (non-hydrogen) atoms. The zero-order valence-corrected chi connectivity index (χ0v) is 20.1. The Kier molecular flexibility index (Phi) is 8.65. The van der Waals surface area contributed by atoms with E-state index in [1.54, 1.807) is 57.2 Å². The largest absolute Gasteiger partial charge is 0.493 e. The third-order valence-electron chi connectivity index (χ3n) is 4.16. The van der Waals surface area contributed by atoms with E-state index in [2.05, 4.69) is 21.2 Å². The molecular formula is C23H26BrNO7. The van der Waals surface area contributed by atoms with E-state index in [-0.39, 0.29) is 6.42 Å². The number of carbonyl (C=O) groups is 3. The van der Waals surface area contributed by atoms with Crippen molar-refractivity contribution in [2.75, 3.05) is 14.2 Å². The van der Waals surface area contributed by atoms with Gasteiger partial charge in [-0.15, -0.1) is 0 Å². The van der Waals surface area contributed by atoms with E-state index >= 15 is 0 Å². The number of alkyl carbamates (subject to hydrolysis) is 1. The predicted molar refractivity (Wildman–Crippen MR) is 121 cm³/mol. The minimum atomic E-state index is -0.933. The number of benzene rings is 2. The average Bonchev–Trinajstić information content (AvgIpc) is 2.73. The summed E-state index contributed by atoms with van der Waals surface area (Å²) in [6, 6.07) is 9.13. The predicted octanol–water partition coefficient (Wildman–Crippen LogP) is 4.67. The van der Waals surface area contributed by atoms with E-state index in [4.69, 9.17) is 18.9 Å². The molecule has 2 aromatic rings. The minimum Gasteiger partial charge on any atom is -0.493 e. The number of hydrogen-bond acceptors (Lipinski definition) is 7. The van der Waals surface area contributed by atoms with Crippen LogP contribution in [0.2, 0.25) is 0 Å². The number of nitrogens with one attached hydrogen (secondary N) is 1. The molecule has 1 amide bonds. The SMILES string of the molecule is COC(=O)[C@@H](Cc1ccc(Oc2cc(C=O)ccc2OC)c(Br)c1)NC(=O)OC(C)(C)C. The number of rotatable bonds is 8. The Hall–Kier alpha value is -3.07. The average molecular weight is 508 g/mol. The fraction of sp³-hybridized carbons (Fsp3) is 0.348. The quantitative estimate of drug-likeness (QED) is 0.409. The van der Waals surface area contributed by atoms with Crippen molar-refractivity contribution in [1.82, 2.24) is 5.32 Å². The van der Waals surface area contributed by atoms with Gasteiger partial charge in [-0.1, -0.05) is 6.07 Å². The molecule has 0 bridgehead atoms. The van der Waals surface area contributed by atoms with Crippen LogP contribution >= 0.6 is 15.9 Å². The lowest BCUT2D eigenvalue weighted by Crippen LogP contribution is -2.45. The first-order chi connectivity index (χ1) is 15.1. The Bertz CT molecular complexity index is 985. The fourth-order valence-electron chi connectivity index (χ4n) is 2.74. The molecule has 0 spiro atoms. The first-order valence-corrected chi connectivity index (χ1v) is 10.5. The number of carbonyl (C=O) groups excluding carboxylic acids is 3. The Morgan fingerprint density at radius 1 is 1.06 bits per heavy atom. The van der Waals surface area contributed by atoms with Gasteiger partial charge in [-0.05, 0) is 72.6 Å². The van der Waals surface area contributed by atoms with Gasteiger partial charge >= 0.3 is 12.1 Å². The van der Waals surface area contributed by atoms with Crippen LogP contribution in [0.15, 0.2) is 40.9 Å². The summed E-state index contributed by atoms with van der Waals surface area (Å²) in [5, 5.41) is 2.54. The van der Waals surface area contributed by atoms with Crippen molar-refractivity contribution in [2.24, 2.45) is 0 Å². The molecule has 0 aromatic heterocycles. The van der Waals surface area contributed by atoms with Crippen LogP contribution in [-0.4, -0.2) is 44.2 Å². The molecule has 2 aromatic carbocycles. The standard InChI is InChI=1S/C23H26BrNO7/c1-23(2,3)32-22(28)25-17(21(27)30-5)11-14-6-8-18(16(24)10-14)31-20-12-15(13-26)7-9-19(20)29-4/h6-10,12-13,17H,11H2,1-5H3,(H,25,28)/t17-/m1/s1. The number of methoxy groups -OCH3 is 2. The van der Waals surface area contributed by atoms with Crippen molar-refractivity contribution in [2.45, 2.75) is 38.8 Å². The molecule has 8 nitrogen and oxygen atoms in total. The second-order valence-corrected chi connectivity index (χ2v) is 8.68. The lowest BCUT2D eigenvalue weighted by molar-refractivity contribution is -0.143. The van der Waals surface area contributed by atoms with Crippen molar-refractivity contribution < 1.29 is 33.3 Å². The molecule has 0 saturated carbocycles. The van der Waals surface area contributed by atoms with Crippen LogP contribution in [0.25, 0.3) is 0 Å². The van der Waals surface area contributed by atoms with Crippen molar-refractivity contribution >= 4 is 34.3 Å². The van der Waals surface area contributed by atoms with Crippen molar-refractivity contribution in [3.8, 4) is 17.2 Å². The zero-order chi connectivity index (χ0) is 23.9. The number of halogens is 1. The van der Waals surface area contributed by atoms with Gasteiger partial charge in [0, 0.05) is 12.0 Å². The van der Waals surface area contributed by atoms with Gasteiger partial charge in [0.2, 0.25) is 0 Å². The number of amides is 1. The monoisotopic (exact) mass is 507 g/mol. The van der Waals surface area contributed by atoms with Gasteiger partial charge in [-0.2, -0.15) is 0 Å². The molecule has 0 aliphatic carbocycles. The molecule has 0 saturated heterocycles. The van der Waals surface area contributed by atoms with Gasteiger partial charge in [0.25, 0.3) is 0 Å². The normalized spacial score (nSPS) is 11.8. The molecule has 0 fully saturated rings. The van der Waals surface area contributed by atoms with Crippen LogP contribution in [0.5, 0.6) is 17.2 Å². The smallest absolute Gasteiger partial charge is 0.408 e. The van der Waals surface area contributed by atoms with Crippen LogP contribution in [0, 0.1) is 0 Å². The van der Waals surface area contributed by atoms with Gasteiger partial charge < -0.3 is 24.3 Å². The number of ether oxygens (including phenoxy) is 4. The Morgan fingerprint density at radius 2 is 1.75 bits per heavy atom. The van der Waals surface area contributed by atoms with E-state index in [1.807, 2.05) is 0 Å². The van der Waals surface area contributed by atoms with E-state index in [9.17, 15) is 14.4 Å². The van der Waals surface area contributed by atoms with E-state index in [0.29, 0.717) is 27.3 Å². The second kappa shape index (κ2) is 11.0.